The molecule has 0 fully saturated rings. The molecule has 1 heterocycles. The number of rotatable bonds is 1. The van der Waals surface area contributed by atoms with Crippen LogP contribution in [0.5, 0.6) is 0 Å². The maximum Gasteiger partial charge on any atom is 0.251 e. The molecular formula is C11H12BrNO. The van der Waals surface area contributed by atoms with Gasteiger partial charge >= 0.3 is 0 Å². The molecule has 1 aromatic carbocycles. The number of carbonyl (C=O) groups excluding carboxylic acids is 1. The van der Waals surface area contributed by atoms with E-state index in [1.54, 1.807) is 0 Å². The van der Waals surface area contributed by atoms with E-state index in [-0.39, 0.29) is 5.91 Å². The van der Waals surface area contributed by atoms with Gasteiger partial charge in [0, 0.05) is 16.1 Å². The van der Waals surface area contributed by atoms with Crippen LogP contribution in [0.1, 0.15) is 29.3 Å². The predicted molar refractivity (Wildman–Crippen MR) is 59.4 cm³/mol. The molecule has 3 heteroatoms. The van der Waals surface area contributed by atoms with Gasteiger partial charge in [0.2, 0.25) is 0 Å². The summed E-state index contributed by atoms with van der Waals surface area (Å²) in [5, 5.41) is 2.99. The number of nitrogens with one attached hydrogen (secondary N) is 1. The maximum atomic E-state index is 11.7. The lowest BCUT2D eigenvalue weighted by Crippen LogP contribution is -2.40. The third kappa shape index (κ3) is 1.69. The normalized spacial score (nSPS) is 20.1. The first-order valence-electron chi connectivity index (χ1n) is 4.80. The van der Waals surface area contributed by atoms with Gasteiger partial charge in [-0.2, -0.15) is 0 Å². The van der Waals surface area contributed by atoms with Crippen molar-refractivity contribution in [3.05, 3.63) is 33.8 Å². The summed E-state index contributed by atoms with van der Waals surface area (Å²) < 4.78 is 0.960. The summed E-state index contributed by atoms with van der Waals surface area (Å²) in [5.41, 5.74) is 1.97. The standard InChI is InChI=1S/C11H12BrNO/c1-2-9-5-7-3-4-8(12)6-10(7)11(14)13-9/h3-4,6,9H,2,5H2,1H3,(H,13,14). The van der Waals surface area contributed by atoms with Crippen molar-refractivity contribution in [2.45, 2.75) is 25.8 Å². The van der Waals surface area contributed by atoms with Gasteiger partial charge in [-0.25, -0.2) is 0 Å². The molecule has 2 nitrogen and oxygen atoms in total. The first kappa shape index (κ1) is 9.71. The minimum Gasteiger partial charge on any atom is -0.349 e. The van der Waals surface area contributed by atoms with E-state index in [1.807, 2.05) is 18.2 Å². The van der Waals surface area contributed by atoms with Gasteiger partial charge in [-0.3, -0.25) is 4.79 Å². The van der Waals surface area contributed by atoms with E-state index < -0.39 is 0 Å². The van der Waals surface area contributed by atoms with Crippen LogP contribution in [0.2, 0.25) is 0 Å². The fraction of sp³-hybridized carbons (Fsp3) is 0.364. The SMILES string of the molecule is CCC1Cc2ccc(Br)cc2C(=O)N1. The van der Waals surface area contributed by atoms with Crippen molar-refractivity contribution in [1.82, 2.24) is 5.32 Å². The molecule has 1 amide bonds. The average Bonchev–Trinajstić information content (AvgIpc) is 2.19. The van der Waals surface area contributed by atoms with Gasteiger partial charge in [-0.05, 0) is 30.5 Å². The molecule has 0 aliphatic carbocycles. The number of hydrogen-bond acceptors (Lipinski definition) is 1. The summed E-state index contributed by atoms with van der Waals surface area (Å²) in [7, 11) is 0. The molecule has 14 heavy (non-hydrogen) atoms. The summed E-state index contributed by atoms with van der Waals surface area (Å²) in [4.78, 5) is 11.7. The lowest BCUT2D eigenvalue weighted by atomic mass is 9.94. The van der Waals surface area contributed by atoms with E-state index in [2.05, 4.69) is 28.2 Å². The molecule has 2 rings (SSSR count). The van der Waals surface area contributed by atoms with E-state index in [9.17, 15) is 4.79 Å². The Labute approximate surface area is 91.8 Å². The third-order valence-corrected chi connectivity index (χ3v) is 3.10. The minimum absolute atomic E-state index is 0.0550. The van der Waals surface area contributed by atoms with Crippen molar-refractivity contribution in [2.75, 3.05) is 0 Å². The number of amides is 1. The molecule has 1 aromatic rings. The van der Waals surface area contributed by atoms with E-state index >= 15 is 0 Å². The molecule has 0 radical (unpaired) electrons. The Morgan fingerprint density at radius 1 is 1.57 bits per heavy atom. The van der Waals surface area contributed by atoms with E-state index in [4.69, 9.17) is 0 Å². The molecule has 1 atom stereocenters. The molecular weight excluding hydrogens is 242 g/mol. The first-order chi connectivity index (χ1) is 6.70. The monoisotopic (exact) mass is 253 g/mol. The molecule has 1 aliphatic heterocycles. The molecule has 0 spiro atoms. The largest absolute Gasteiger partial charge is 0.349 e. The molecule has 0 saturated heterocycles. The smallest absolute Gasteiger partial charge is 0.251 e. The summed E-state index contributed by atoms with van der Waals surface area (Å²) in [6.07, 6.45) is 1.94. The van der Waals surface area contributed by atoms with Crippen LogP contribution >= 0.6 is 15.9 Å². The van der Waals surface area contributed by atoms with Crippen molar-refractivity contribution in [3.63, 3.8) is 0 Å². The highest BCUT2D eigenvalue weighted by atomic mass is 79.9. The molecule has 74 valence electrons. The number of halogens is 1. The van der Waals surface area contributed by atoms with E-state index in [1.165, 1.54) is 0 Å². The van der Waals surface area contributed by atoms with Gasteiger partial charge in [-0.15, -0.1) is 0 Å². The summed E-state index contributed by atoms with van der Waals surface area (Å²) in [6.45, 7) is 2.09. The molecule has 0 bridgehead atoms. The van der Waals surface area contributed by atoms with Crippen LogP contribution < -0.4 is 5.32 Å². The molecule has 1 unspecified atom stereocenters. The van der Waals surface area contributed by atoms with Gasteiger partial charge < -0.3 is 5.32 Å². The van der Waals surface area contributed by atoms with Gasteiger partial charge in [0.15, 0.2) is 0 Å². The predicted octanol–water partition coefficient (Wildman–Crippen LogP) is 2.51. The summed E-state index contributed by atoms with van der Waals surface area (Å²) in [5.74, 6) is 0.0550. The van der Waals surface area contributed by atoms with E-state index in [0.717, 1.165) is 28.4 Å². The fourth-order valence-corrected chi connectivity index (χ4v) is 2.13. The Morgan fingerprint density at radius 2 is 2.36 bits per heavy atom. The minimum atomic E-state index is 0.0550. The Hall–Kier alpha value is -0.830. The Bertz CT molecular complexity index is 376. The number of carbonyl (C=O) groups is 1. The Balaban J connectivity index is 2.40. The second kappa shape index (κ2) is 3.73. The third-order valence-electron chi connectivity index (χ3n) is 2.61. The van der Waals surface area contributed by atoms with Crippen molar-refractivity contribution >= 4 is 21.8 Å². The highest BCUT2D eigenvalue weighted by Crippen LogP contribution is 2.22. The average molecular weight is 254 g/mol. The lowest BCUT2D eigenvalue weighted by molar-refractivity contribution is 0.0924. The number of hydrogen-bond donors (Lipinski definition) is 1. The van der Waals surface area contributed by atoms with Crippen LogP contribution in [-0.4, -0.2) is 11.9 Å². The van der Waals surface area contributed by atoms with Gasteiger partial charge in [0.25, 0.3) is 5.91 Å². The Kier molecular flexibility index (Phi) is 2.59. The zero-order valence-corrected chi connectivity index (χ0v) is 9.60. The maximum absolute atomic E-state index is 11.7. The number of fused-ring (bicyclic) bond motifs is 1. The zero-order valence-electron chi connectivity index (χ0n) is 8.01. The molecule has 0 saturated carbocycles. The van der Waals surface area contributed by atoms with Crippen LogP contribution in [0.3, 0.4) is 0 Å². The second-order valence-electron chi connectivity index (χ2n) is 3.58. The van der Waals surface area contributed by atoms with Gasteiger partial charge in [0.05, 0.1) is 0 Å². The van der Waals surface area contributed by atoms with Crippen molar-refractivity contribution in [3.8, 4) is 0 Å². The van der Waals surface area contributed by atoms with E-state index in [0.29, 0.717) is 6.04 Å². The van der Waals surface area contributed by atoms with Crippen LogP contribution in [0.15, 0.2) is 22.7 Å². The van der Waals surface area contributed by atoms with Crippen molar-refractivity contribution in [1.29, 1.82) is 0 Å². The van der Waals surface area contributed by atoms with Gasteiger partial charge in [0.1, 0.15) is 0 Å². The lowest BCUT2D eigenvalue weighted by Gasteiger charge is -2.24. The van der Waals surface area contributed by atoms with Crippen LogP contribution in [0.4, 0.5) is 0 Å². The van der Waals surface area contributed by atoms with Crippen LogP contribution in [0.25, 0.3) is 0 Å². The molecule has 0 aromatic heterocycles. The van der Waals surface area contributed by atoms with Crippen molar-refractivity contribution in [2.24, 2.45) is 0 Å². The highest BCUT2D eigenvalue weighted by molar-refractivity contribution is 9.10. The first-order valence-corrected chi connectivity index (χ1v) is 5.59. The zero-order chi connectivity index (χ0) is 10.1. The summed E-state index contributed by atoms with van der Waals surface area (Å²) in [6, 6.07) is 6.21. The second-order valence-corrected chi connectivity index (χ2v) is 4.50. The molecule has 1 N–H and O–H groups in total. The van der Waals surface area contributed by atoms with Crippen molar-refractivity contribution < 1.29 is 4.79 Å². The topological polar surface area (TPSA) is 29.1 Å². The van der Waals surface area contributed by atoms with Crippen LogP contribution in [-0.2, 0) is 6.42 Å². The highest BCUT2D eigenvalue weighted by Gasteiger charge is 2.22. The quantitative estimate of drug-likeness (QED) is 0.819. The molecule has 1 aliphatic rings. The summed E-state index contributed by atoms with van der Waals surface area (Å²) >= 11 is 3.37. The van der Waals surface area contributed by atoms with Crippen LogP contribution in [0, 0.1) is 0 Å². The fourth-order valence-electron chi connectivity index (χ4n) is 1.76. The van der Waals surface area contributed by atoms with Gasteiger partial charge in [-0.1, -0.05) is 28.9 Å². The Morgan fingerprint density at radius 3 is 3.07 bits per heavy atom. The number of benzene rings is 1.